The van der Waals surface area contributed by atoms with Crippen LogP contribution < -0.4 is 4.18 Å². The molecule has 0 bridgehead atoms. The summed E-state index contributed by atoms with van der Waals surface area (Å²) in [6, 6.07) is 10.7. The van der Waals surface area contributed by atoms with E-state index in [0.29, 0.717) is 5.56 Å². The standard InChI is InChI=1S/C15H15NO6S/c1-15(2,17)11-7-9-12(10-8-11)22-23(20,21)14-6-4-3-5-13(14)16(18)19/h3-10,17H,1-2H3. The Balaban J connectivity index is 2.34. The van der Waals surface area contributed by atoms with Crippen LogP contribution in [0, 0.1) is 10.1 Å². The molecule has 7 nitrogen and oxygen atoms in total. The van der Waals surface area contributed by atoms with Crippen LogP contribution in [-0.4, -0.2) is 18.4 Å². The molecular weight excluding hydrogens is 322 g/mol. The summed E-state index contributed by atoms with van der Waals surface area (Å²) < 4.78 is 29.4. The lowest BCUT2D eigenvalue weighted by atomic mass is 9.99. The number of para-hydroxylation sites is 1. The first kappa shape index (κ1) is 16.9. The fraction of sp³-hybridized carbons (Fsp3) is 0.200. The van der Waals surface area contributed by atoms with Gasteiger partial charge in [-0.1, -0.05) is 24.3 Å². The van der Waals surface area contributed by atoms with Crippen molar-refractivity contribution in [2.24, 2.45) is 0 Å². The Morgan fingerprint density at radius 3 is 2.17 bits per heavy atom. The molecule has 0 amide bonds. The summed E-state index contributed by atoms with van der Waals surface area (Å²) in [7, 11) is -4.34. The van der Waals surface area contributed by atoms with Gasteiger partial charge in [0.05, 0.1) is 10.5 Å². The Morgan fingerprint density at radius 1 is 1.09 bits per heavy atom. The molecule has 2 rings (SSSR count). The number of nitro benzene ring substituents is 1. The maximum Gasteiger partial charge on any atom is 0.346 e. The molecule has 1 N–H and O–H groups in total. The third-order valence-electron chi connectivity index (χ3n) is 3.10. The van der Waals surface area contributed by atoms with Crippen molar-refractivity contribution >= 4 is 15.8 Å². The highest BCUT2D eigenvalue weighted by Crippen LogP contribution is 2.28. The van der Waals surface area contributed by atoms with Crippen LogP contribution in [-0.2, 0) is 15.7 Å². The molecule has 0 aromatic heterocycles. The van der Waals surface area contributed by atoms with E-state index in [2.05, 4.69) is 0 Å². The average molecular weight is 337 g/mol. The second kappa shape index (κ2) is 5.98. The molecule has 8 heteroatoms. The Kier molecular flexibility index (Phi) is 4.39. The highest BCUT2D eigenvalue weighted by molar-refractivity contribution is 7.87. The van der Waals surface area contributed by atoms with Crippen molar-refractivity contribution in [1.82, 2.24) is 0 Å². The number of aliphatic hydroxyl groups is 1. The summed E-state index contributed by atoms with van der Waals surface area (Å²) >= 11 is 0. The zero-order valence-electron chi connectivity index (χ0n) is 12.5. The zero-order valence-corrected chi connectivity index (χ0v) is 13.3. The van der Waals surface area contributed by atoms with E-state index in [1.165, 1.54) is 36.4 Å². The molecule has 0 saturated carbocycles. The lowest BCUT2D eigenvalue weighted by Gasteiger charge is -2.17. The zero-order chi connectivity index (χ0) is 17.3. The molecule has 0 spiro atoms. The highest BCUT2D eigenvalue weighted by atomic mass is 32.2. The van der Waals surface area contributed by atoms with Crippen LogP contribution >= 0.6 is 0 Å². The Bertz CT molecular complexity index is 822. The first-order chi connectivity index (χ1) is 10.6. The summed E-state index contributed by atoms with van der Waals surface area (Å²) in [6.45, 7) is 3.18. The predicted octanol–water partition coefficient (Wildman–Crippen LogP) is 2.59. The van der Waals surface area contributed by atoms with Gasteiger partial charge in [-0.3, -0.25) is 10.1 Å². The van der Waals surface area contributed by atoms with Crippen molar-refractivity contribution in [2.45, 2.75) is 24.3 Å². The van der Waals surface area contributed by atoms with E-state index >= 15 is 0 Å². The van der Waals surface area contributed by atoms with Gasteiger partial charge in [-0.15, -0.1) is 0 Å². The van der Waals surface area contributed by atoms with Gasteiger partial charge in [-0.05, 0) is 37.6 Å². The second-order valence-electron chi connectivity index (χ2n) is 5.35. The molecule has 2 aromatic carbocycles. The van der Waals surface area contributed by atoms with Crippen molar-refractivity contribution in [3.8, 4) is 5.75 Å². The summed E-state index contributed by atoms with van der Waals surface area (Å²) in [5.74, 6) is -0.00356. The average Bonchev–Trinajstić information content (AvgIpc) is 2.46. The van der Waals surface area contributed by atoms with Crippen molar-refractivity contribution in [3.05, 3.63) is 64.2 Å². The maximum absolute atomic E-state index is 12.2. The lowest BCUT2D eigenvalue weighted by molar-refractivity contribution is -0.387. The molecule has 0 unspecified atom stereocenters. The van der Waals surface area contributed by atoms with Gasteiger partial charge in [0.25, 0.3) is 5.69 Å². The fourth-order valence-corrected chi connectivity index (χ4v) is 3.01. The van der Waals surface area contributed by atoms with Crippen LogP contribution in [0.2, 0.25) is 0 Å². The normalized spacial score (nSPS) is 12.0. The molecule has 0 heterocycles. The number of rotatable bonds is 5. The summed E-state index contributed by atoms with van der Waals surface area (Å²) in [6.07, 6.45) is 0. The minimum atomic E-state index is -4.34. The largest absolute Gasteiger partial charge is 0.386 e. The topological polar surface area (TPSA) is 107 Å². The van der Waals surface area contributed by atoms with E-state index in [-0.39, 0.29) is 5.75 Å². The van der Waals surface area contributed by atoms with Gasteiger partial charge in [-0.25, -0.2) is 0 Å². The van der Waals surface area contributed by atoms with Gasteiger partial charge in [-0.2, -0.15) is 8.42 Å². The van der Waals surface area contributed by atoms with Gasteiger partial charge in [0.15, 0.2) is 4.90 Å². The van der Waals surface area contributed by atoms with Gasteiger partial charge in [0.1, 0.15) is 5.75 Å². The van der Waals surface area contributed by atoms with E-state index in [4.69, 9.17) is 4.18 Å². The van der Waals surface area contributed by atoms with Crippen LogP contribution in [0.5, 0.6) is 5.75 Å². The summed E-state index contributed by atoms with van der Waals surface area (Å²) in [5, 5.41) is 20.8. The molecule has 0 aliphatic heterocycles. The Labute approximate surface area is 133 Å². The fourth-order valence-electron chi connectivity index (χ4n) is 1.91. The monoisotopic (exact) mass is 337 g/mol. The van der Waals surface area contributed by atoms with Crippen LogP contribution in [0.1, 0.15) is 19.4 Å². The second-order valence-corrected chi connectivity index (χ2v) is 6.86. The predicted molar refractivity (Wildman–Crippen MR) is 82.6 cm³/mol. The van der Waals surface area contributed by atoms with E-state index in [1.54, 1.807) is 13.8 Å². The molecule has 0 fully saturated rings. The molecule has 0 aliphatic carbocycles. The molecule has 0 aliphatic rings. The van der Waals surface area contributed by atoms with E-state index < -0.39 is 31.2 Å². The van der Waals surface area contributed by atoms with Gasteiger partial charge < -0.3 is 9.29 Å². The molecule has 2 aromatic rings. The summed E-state index contributed by atoms with van der Waals surface area (Å²) in [4.78, 5) is 9.63. The molecule has 122 valence electrons. The van der Waals surface area contributed by atoms with E-state index in [1.807, 2.05) is 0 Å². The maximum atomic E-state index is 12.2. The summed E-state index contributed by atoms with van der Waals surface area (Å²) in [5.41, 5.74) is -1.05. The molecule has 23 heavy (non-hydrogen) atoms. The quantitative estimate of drug-likeness (QED) is 0.510. The number of benzene rings is 2. The van der Waals surface area contributed by atoms with E-state index in [9.17, 15) is 23.6 Å². The van der Waals surface area contributed by atoms with Crippen LogP contribution in [0.15, 0.2) is 53.4 Å². The van der Waals surface area contributed by atoms with Gasteiger partial charge in [0.2, 0.25) is 0 Å². The van der Waals surface area contributed by atoms with Crippen molar-refractivity contribution in [2.75, 3.05) is 0 Å². The number of hydrogen-bond donors (Lipinski definition) is 1. The number of nitrogens with zero attached hydrogens (tertiary/aromatic N) is 1. The molecular formula is C15H15NO6S. The van der Waals surface area contributed by atoms with Crippen LogP contribution in [0.25, 0.3) is 0 Å². The van der Waals surface area contributed by atoms with Crippen LogP contribution in [0.4, 0.5) is 5.69 Å². The third-order valence-corrected chi connectivity index (χ3v) is 4.39. The Morgan fingerprint density at radius 2 is 1.65 bits per heavy atom. The number of hydrogen-bond acceptors (Lipinski definition) is 6. The molecule has 0 atom stereocenters. The lowest BCUT2D eigenvalue weighted by Crippen LogP contribution is -2.15. The molecule has 0 radical (unpaired) electrons. The molecule has 0 saturated heterocycles. The van der Waals surface area contributed by atoms with Gasteiger partial charge in [0, 0.05) is 6.07 Å². The van der Waals surface area contributed by atoms with Crippen molar-refractivity contribution < 1.29 is 22.6 Å². The van der Waals surface area contributed by atoms with Gasteiger partial charge >= 0.3 is 10.1 Å². The Hall–Kier alpha value is -2.45. The smallest absolute Gasteiger partial charge is 0.346 e. The third kappa shape index (κ3) is 3.85. The van der Waals surface area contributed by atoms with Crippen LogP contribution in [0.3, 0.4) is 0 Å². The highest BCUT2D eigenvalue weighted by Gasteiger charge is 2.27. The van der Waals surface area contributed by atoms with Crippen molar-refractivity contribution in [3.63, 3.8) is 0 Å². The first-order valence-electron chi connectivity index (χ1n) is 6.62. The minimum absolute atomic E-state index is 0.00356. The minimum Gasteiger partial charge on any atom is -0.386 e. The number of nitro groups is 1. The van der Waals surface area contributed by atoms with Crippen molar-refractivity contribution in [1.29, 1.82) is 0 Å². The SMILES string of the molecule is CC(C)(O)c1ccc(OS(=O)(=O)c2ccccc2[N+](=O)[O-])cc1. The van der Waals surface area contributed by atoms with E-state index in [0.717, 1.165) is 12.1 Å². The first-order valence-corrected chi connectivity index (χ1v) is 8.03.